The van der Waals surface area contributed by atoms with Gasteiger partial charge in [-0.2, -0.15) is 0 Å². The van der Waals surface area contributed by atoms with Crippen molar-refractivity contribution in [2.75, 3.05) is 13.1 Å². The van der Waals surface area contributed by atoms with Crippen LogP contribution in [0.2, 0.25) is 5.82 Å². The van der Waals surface area contributed by atoms with Gasteiger partial charge in [0.2, 0.25) is 0 Å². The first-order chi connectivity index (χ1) is 7.59. The fourth-order valence-electron chi connectivity index (χ4n) is 2.61. The van der Waals surface area contributed by atoms with Crippen molar-refractivity contribution in [2.24, 2.45) is 11.8 Å². The van der Waals surface area contributed by atoms with Gasteiger partial charge in [-0.15, -0.1) is 0 Å². The van der Waals surface area contributed by atoms with E-state index in [1.807, 2.05) is 0 Å². The number of hydrogen-bond donors (Lipinski definition) is 0. The van der Waals surface area contributed by atoms with Crippen molar-refractivity contribution in [3.05, 3.63) is 0 Å². The zero-order chi connectivity index (χ0) is 13.0. The van der Waals surface area contributed by atoms with Crippen LogP contribution in [0.25, 0.3) is 0 Å². The molecule has 7 heteroatoms. The number of fused-ring (bicyclic) bond motifs is 1. The lowest BCUT2D eigenvalue weighted by atomic mass is 9.80. The summed E-state index contributed by atoms with van der Waals surface area (Å²) in [6, 6.07) is 0. The number of amides is 1. The van der Waals surface area contributed by atoms with Crippen LogP contribution in [0, 0.1) is 11.8 Å². The third-order valence-corrected chi connectivity index (χ3v) is 3.35. The van der Waals surface area contributed by atoms with Crippen molar-refractivity contribution in [2.45, 2.75) is 32.2 Å². The molecule has 1 amide bonds. The molecule has 0 aromatic heterocycles. The Hall–Kier alpha value is -0.875. The van der Waals surface area contributed by atoms with Crippen LogP contribution in [0.15, 0.2) is 0 Å². The van der Waals surface area contributed by atoms with Crippen molar-refractivity contribution in [3.8, 4) is 0 Å². The Bertz CT molecular complexity index is 327. The van der Waals surface area contributed by atoms with Crippen LogP contribution in [-0.2, 0) is 4.74 Å². The zero-order valence-electron chi connectivity index (χ0n) is 10.1. The topological polar surface area (TPSA) is 29.5 Å². The molecule has 0 radical (unpaired) electrons. The first-order valence-corrected chi connectivity index (χ1v) is 5.77. The predicted octanol–water partition coefficient (Wildman–Crippen LogP) is 2.70. The first-order valence-electron chi connectivity index (χ1n) is 5.77. The zero-order valence-corrected chi connectivity index (χ0v) is 10.1. The maximum absolute atomic E-state index is 12.5. The van der Waals surface area contributed by atoms with Crippen LogP contribution in [-0.4, -0.2) is 36.7 Å². The van der Waals surface area contributed by atoms with Crippen LogP contribution in [0.1, 0.15) is 20.8 Å². The summed E-state index contributed by atoms with van der Waals surface area (Å²) in [5, 5.41) is 0. The maximum Gasteiger partial charge on any atom is 0.482 e. The van der Waals surface area contributed by atoms with Gasteiger partial charge in [0, 0.05) is 13.1 Å². The van der Waals surface area contributed by atoms with Gasteiger partial charge in [-0.05, 0) is 32.6 Å². The summed E-state index contributed by atoms with van der Waals surface area (Å²) in [7, 11) is 0. The Labute approximate surface area is 98.3 Å². The number of carbonyl (C=O) groups is 1. The maximum atomic E-state index is 12.5. The van der Waals surface area contributed by atoms with Gasteiger partial charge in [0.1, 0.15) is 5.60 Å². The van der Waals surface area contributed by atoms with Gasteiger partial charge < -0.3 is 22.6 Å². The number of hydrogen-bond acceptors (Lipinski definition) is 2. The Balaban J connectivity index is 1.86. The Morgan fingerprint density at radius 1 is 1.24 bits per heavy atom. The normalized spacial score (nSPS) is 32.4. The molecule has 2 atom stereocenters. The summed E-state index contributed by atoms with van der Waals surface area (Å²) in [6.07, 6.45) is -0.502. The molecule has 3 nitrogen and oxygen atoms in total. The molecule has 0 spiro atoms. The monoisotopic (exact) mass is 250 g/mol. The Morgan fingerprint density at radius 3 is 2.06 bits per heavy atom. The Kier molecular flexibility index (Phi) is 2.63. The molecule has 1 heterocycles. The number of nitrogens with zero attached hydrogens (tertiary/aromatic N) is 1. The van der Waals surface area contributed by atoms with E-state index in [1.165, 1.54) is 4.90 Å². The fourth-order valence-corrected chi connectivity index (χ4v) is 2.61. The summed E-state index contributed by atoms with van der Waals surface area (Å²) in [4.78, 5) is 13.0. The second-order valence-corrected chi connectivity index (χ2v) is 5.92. The largest absolute Gasteiger partial charge is 0.482 e. The SMILES string of the molecule is CC(C)(C)OC(=O)N1CC2C(C1)C2[B-](F)(F)F. The average molecular weight is 250 g/mol. The van der Waals surface area contributed by atoms with Crippen molar-refractivity contribution >= 4 is 13.1 Å². The lowest BCUT2D eigenvalue weighted by Gasteiger charge is -2.27. The lowest BCUT2D eigenvalue weighted by Crippen LogP contribution is -2.38. The van der Waals surface area contributed by atoms with E-state index in [4.69, 9.17) is 4.74 Å². The van der Waals surface area contributed by atoms with Crippen molar-refractivity contribution < 1.29 is 22.5 Å². The molecule has 0 bridgehead atoms. The van der Waals surface area contributed by atoms with E-state index in [0.29, 0.717) is 0 Å². The van der Waals surface area contributed by atoms with Gasteiger partial charge in [0.05, 0.1) is 0 Å². The highest BCUT2D eigenvalue weighted by atomic mass is 19.4. The molecule has 0 N–H and O–H groups in total. The molecule has 0 aromatic carbocycles. The second kappa shape index (κ2) is 3.56. The van der Waals surface area contributed by atoms with Gasteiger partial charge >= 0.3 is 13.1 Å². The van der Waals surface area contributed by atoms with E-state index in [0.717, 1.165) is 0 Å². The van der Waals surface area contributed by atoms with Gasteiger partial charge in [-0.25, -0.2) is 4.79 Å². The van der Waals surface area contributed by atoms with E-state index in [-0.39, 0.29) is 24.9 Å². The van der Waals surface area contributed by atoms with Crippen LogP contribution in [0.5, 0.6) is 0 Å². The highest BCUT2D eigenvalue weighted by molar-refractivity contribution is 6.61. The fraction of sp³-hybridized carbons (Fsp3) is 0.900. The number of halogens is 3. The average Bonchev–Trinajstić information content (AvgIpc) is 2.61. The Morgan fingerprint density at radius 2 is 1.71 bits per heavy atom. The third kappa shape index (κ3) is 2.52. The summed E-state index contributed by atoms with van der Waals surface area (Å²) in [5.74, 6) is -1.92. The summed E-state index contributed by atoms with van der Waals surface area (Å²) in [6.45, 7) is 0.847. The molecule has 2 aliphatic rings. The van der Waals surface area contributed by atoms with Crippen molar-refractivity contribution in [3.63, 3.8) is 0 Å². The minimum absolute atomic E-state index is 0.186. The van der Waals surface area contributed by atoms with Gasteiger partial charge in [0.25, 0.3) is 0 Å². The predicted molar refractivity (Wildman–Crippen MR) is 57.6 cm³/mol. The molecule has 1 saturated carbocycles. The highest BCUT2D eigenvalue weighted by Crippen LogP contribution is 2.62. The molecule has 1 aliphatic carbocycles. The molecule has 98 valence electrons. The van der Waals surface area contributed by atoms with Crippen LogP contribution < -0.4 is 0 Å². The van der Waals surface area contributed by atoms with E-state index >= 15 is 0 Å². The molecule has 2 rings (SSSR count). The van der Waals surface area contributed by atoms with Crippen LogP contribution in [0.4, 0.5) is 17.7 Å². The van der Waals surface area contributed by atoms with Crippen LogP contribution in [0.3, 0.4) is 0 Å². The van der Waals surface area contributed by atoms with Gasteiger partial charge in [-0.1, -0.05) is 5.82 Å². The van der Waals surface area contributed by atoms with Crippen LogP contribution >= 0.6 is 0 Å². The summed E-state index contributed by atoms with van der Waals surface area (Å²) < 4.78 is 42.6. The molecular formula is C10H16BF3NO2-. The molecule has 1 saturated heterocycles. The number of piperidine rings is 1. The third-order valence-electron chi connectivity index (χ3n) is 3.35. The van der Waals surface area contributed by atoms with Crippen molar-refractivity contribution in [1.82, 2.24) is 4.90 Å². The van der Waals surface area contributed by atoms with E-state index < -0.39 is 24.5 Å². The van der Waals surface area contributed by atoms with Gasteiger partial charge in [0.15, 0.2) is 0 Å². The molecular weight excluding hydrogens is 234 g/mol. The second-order valence-electron chi connectivity index (χ2n) is 5.92. The van der Waals surface area contributed by atoms with Gasteiger partial charge in [-0.3, -0.25) is 0 Å². The van der Waals surface area contributed by atoms with Crippen molar-refractivity contribution in [1.29, 1.82) is 0 Å². The first kappa shape index (κ1) is 12.6. The number of likely N-dealkylation sites (tertiary alicyclic amines) is 1. The smallest absolute Gasteiger partial charge is 0.449 e. The molecule has 2 unspecified atom stereocenters. The van der Waals surface area contributed by atoms with E-state index in [1.54, 1.807) is 20.8 Å². The minimum Gasteiger partial charge on any atom is -0.449 e. The summed E-state index contributed by atoms with van der Waals surface area (Å²) >= 11 is 0. The van der Waals surface area contributed by atoms with E-state index in [2.05, 4.69) is 0 Å². The quantitative estimate of drug-likeness (QED) is 0.669. The number of ether oxygens (including phenoxy) is 1. The number of carbonyl (C=O) groups excluding carboxylic acids is 1. The molecule has 17 heavy (non-hydrogen) atoms. The standard InChI is InChI=1S/C10H16BF3NO2/c1-10(2,3)17-9(16)15-4-6-7(5-15)8(6)11(12,13)14/h6-8H,4-5H2,1-3H3/q-1. The molecule has 1 aliphatic heterocycles. The lowest BCUT2D eigenvalue weighted by molar-refractivity contribution is 0.0272. The summed E-state index contributed by atoms with van der Waals surface area (Å²) in [5.41, 5.74) is -0.600. The van der Waals surface area contributed by atoms with E-state index in [9.17, 15) is 17.7 Å². The minimum atomic E-state index is -4.74. The molecule has 0 aromatic rings. The highest BCUT2D eigenvalue weighted by Gasteiger charge is 2.63. The molecule has 2 fully saturated rings. The number of rotatable bonds is 1.